The normalized spacial score (nSPS) is 23.3. The number of benzene rings is 2. The number of hydrogen-bond acceptors (Lipinski definition) is 4. The minimum Gasteiger partial charge on any atom is -0.346 e. The Bertz CT molecular complexity index is 868. The summed E-state index contributed by atoms with van der Waals surface area (Å²) in [6.07, 6.45) is -3.18. The Morgan fingerprint density at radius 2 is 1.66 bits per heavy atom. The first-order valence-corrected chi connectivity index (χ1v) is 9.89. The molecule has 0 spiro atoms. The second-order valence-electron chi connectivity index (χ2n) is 7.44. The number of carbonyl (C=O) groups excluding carboxylic acids is 1. The molecule has 4 atom stereocenters. The van der Waals surface area contributed by atoms with Crippen molar-refractivity contribution in [3.05, 3.63) is 59.7 Å². The minimum atomic E-state index is -4.35. The highest BCUT2D eigenvalue weighted by molar-refractivity contribution is 7.81. The summed E-state index contributed by atoms with van der Waals surface area (Å²) in [5.41, 5.74) is 13.0. The van der Waals surface area contributed by atoms with Crippen molar-refractivity contribution in [2.75, 3.05) is 0 Å². The van der Waals surface area contributed by atoms with Gasteiger partial charge in [-0.05, 0) is 41.7 Å². The Morgan fingerprint density at radius 3 is 2.10 bits per heavy atom. The van der Waals surface area contributed by atoms with Crippen LogP contribution in [0.15, 0.2) is 48.5 Å². The van der Waals surface area contributed by atoms with E-state index in [1.165, 1.54) is 12.1 Å². The second-order valence-corrected chi connectivity index (χ2v) is 8.00. The average molecular weight is 424 g/mol. The monoisotopic (exact) mass is 423 g/mol. The number of rotatable bonds is 6. The molecule has 2 aromatic rings. The summed E-state index contributed by atoms with van der Waals surface area (Å²) in [6.45, 7) is 1.84. The molecule has 0 aromatic heterocycles. The van der Waals surface area contributed by atoms with Gasteiger partial charge in [-0.3, -0.25) is 4.79 Å². The van der Waals surface area contributed by atoms with Gasteiger partial charge in [0.2, 0.25) is 5.91 Å². The number of nitrogens with two attached hydrogens (primary N) is 2. The Balaban J connectivity index is 1.76. The summed E-state index contributed by atoms with van der Waals surface area (Å²) in [5, 5.41) is 2.41. The zero-order chi connectivity index (χ0) is 21.4. The lowest BCUT2D eigenvalue weighted by Crippen LogP contribution is -2.53. The largest absolute Gasteiger partial charge is 0.416 e. The molecular formula is C21H24F3N3OS. The van der Waals surface area contributed by atoms with Crippen molar-refractivity contribution < 1.29 is 18.0 Å². The second kappa shape index (κ2) is 8.01. The fourth-order valence-corrected chi connectivity index (χ4v) is 3.85. The number of thiol groups is 1. The van der Waals surface area contributed by atoms with Crippen molar-refractivity contribution in [3.8, 4) is 11.1 Å². The van der Waals surface area contributed by atoms with Crippen molar-refractivity contribution in [1.29, 1.82) is 0 Å². The predicted octanol–water partition coefficient (Wildman–Crippen LogP) is 3.67. The maximum absolute atomic E-state index is 12.7. The van der Waals surface area contributed by atoms with Crippen molar-refractivity contribution in [3.63, 3.8) is 0 Å². The van der Waals surface area contributed by atoms with E-state index in [9.17, 15) is 18.0 Å². The third kappa shape index (κ3) is 4.44. The molecule has 0 saturated heterocycles. The highest BCUT2D eigenvalue weighted by Gasteiger charge is 2.59. The summed E-state index contributed by atoms with van der Waals surface area (Å²) >= 11 is 4.36. The zero-order valence-corrected chi connectivity index (χ0v) is 16.8. The first-order chi connectivity index (χ1) is 13.6. The Hall–Kier alpha value is -2.03. The lowest BCUT2D eigenvalue weighted by molar-refractivity contribution is -0.137. The summed E-state index contributed by atoms with van der Waals surface area (Å²) in [7, 11) is 0. The standard InChI is InChI=1S/C21H24F3N3OS/c1-2-17(25)18(28)27-20(19(26)29)11-16(20)14-5-3-12(4-6-14)13-7-9-15(10-8-13)21(22,23)24/h3-10,16-17,19,29H,2,11,25-26H2,1H3,(H,27,28)/t16-,17+,19?,20-/m1/s1. The minimum absolute atomic E-state index is 0.00432. The van der Waals surface area contributed by atoms with E-state index in [2.05, 4.69) is 17.9 Å². The van der Waals surface area contributed by atoms with Crippen molar-refractivity contribution in [1.82, 2.24) is 5.32 Å². The molecule has 1 aliphatic rings. The van der Waals surface area contributed by atoms with E-state index in [1.807, 2.05) is 31.2 Å². The predicted molar refractivity (Wildman–Crippen MR) is 110 cm³/mol. The molecule has 0 radical (unpaired) electrons. The Labute approximate surface area is 173 Å². The molecule has 1 unspecified atom stereocenters. The van der Waals surface area contributed by atoms with Crippen molar-refractivity contribution in [2.24, 2.45) is 11.5 Å². The lowest BCUT2D eigenvalue weighted by atomic mass is 9.99. The van der Waals surface area contributed by atoms with Crippen LogP contribution in [0.25, 0.3) is 11.1 Å². The van der Waals surface area contributed by atoms with Gasteiger partial charge in [0, 0.05) is 5.92 Å². The quantitative estimate of drug-likeness (QED) is 0.423. The smallest absolute Gasteiger partial charge is 0.346 e. The van der Waals surface area contributed by atoms with Crippen LogP contribution < -0.4 is 16.8 Å². The molecule has 1 amide bonds. The van der Waals surface area contributed by atoms with E-state index in [0.717, 1.165) is 23.3 Å². The van der Waals surface area contributed by atoms with E-state index in [0.29, 0.717) is 18.4 Å². The molecule has 2 aromatic carbocycles. The van der Waals surface area contributed by atoms with Crippen molar-refractivity contribution >= 4 is 18.5 Å². The molecule has 5 N–H and O–H groups in total. The van der Waals surface area contributed by atoms with Crippen LogP contribution >= 0.6 is 12.6 Å². The highest BCUT2D eigenvalue weighted by atomic mass is 32.1. The number of amides is 1. The van der Waals surface area contributed by atoms with E-state index in [4.69, 9.17) is 11.5 Å². The van der Waals surface area contributed by atoms with E-state index < -0.39 is 28.7 Å². The number of carbonyl (C=O) groups is 1. The molecule has 4 nitrogen and oxygen atoms in total. The van der Waals surface area contributed by atoms with Crippen LogP contribution in [0.4, 0.5) is 13.2 Å². The maximum Gasteiger partial charge on any atom is 0.416 e. The van der Waals surface area contributed by atoms with E-state index >= 15 is 0 Å². The first-order valence-electron chi connectivity index (χ1n) is 9.37. The van der Waals surface area contributed by atoms with Gasteiger partial charge in [0.25, 0.3) is 0 Å². The maximum atomic E-state index is 12.7. The fourth-order valence-electron chi connectivity index (χ4n) is 3.50. The summed E-state index contributed by atoms with van der Waals surface area (Å²) in [4.78, 5) is 12.2. The Kier molecular flexibility index (Phi) is 5.98. The van der Waals surface area contributed by atoms with Gasteiger partial charge in [-0.25, -0.2) is 0 Å². The van der Waals surface area contributed by atoms with Gasteiger partial charge >= 0.3 is 6.18 Å². The van der Waals surface area contributed by atoms with Crippen LogP contribution in [0.5, 0.6) is 0 Å². The summed E-state index contributed by atoms with van der Waals surface area (Å²) < 4.78 is 38.2. The van der Waals surface area contributed by atoms with Crippen LogP contribution in [0.2, 0.25) is 0 Å². The molecule has 8 heteroatoms. The van der Waals surface area contributed by atoms with Crippen LogP contribution in [0.3, 0.4) is 0 Å². The van der Waals surface area contributed by atoms with Crippen LogP contribution in [0, 0.1) is 0 Å². The molecule has 29 heavy (non-hydrogen) atoms. The molecule has 0 bridgehead atoms. The summed E-state index contributed by atoms with van der Waals surface area (Å²) in [6, 6.07) is 12.0. The van der Waals surface area contributed by atoms with Gasteiger partial charge in [-0.1, -0.05) is 43.3 Å². The summed E-state index contributed by atoms with van der Waals surface area (Å²) in [5.74, 6) is -0.245. The highest BCUT2D eigenvalue weighted by Crippen LogP contribution is 2.54. The molecule has 3 rings (SSSR count). The lowest BCUT2D eigenvalue weighted by Gasteiger charge is -2.24. The van der Waals surface area contributed by atoms with E-state index in [1.54, 1.807) is 0 Å². The number of hydrogen-bond donors (Lipinski definition) is 4. The molecular weight excluding hydrogens is 399 g/mol. The topological polar surface area (TPSA) is 81.1 Å². The number of nitrogens with one attached hydrogen (secondary N) is 1. The van der Waals surface area contributed by atoms with Crippen LogP contribution in [0.1, 0.15) is 36.8 Å². The van der Waals surface area contributed by atoms with Gasteiger partial charge in [0.05, 0.1) is 22.5 Å². The van der Waals surface area contributed by atoms with Gasteiger partial charge in [-0.15, -0.1) is 0 Å². The SMILES string of the molecule is CC[C@H](N)C(=O)N[C@]1(C(N)S)C[C@@H]1c1ccc(-c2ccc(C(F)(F)F)cc2)cc1. The van der Waals surface area contributed by atoms with Crippen molar-refractivity contribution in [2.45, 2.75) is 48.8 Å². The van der Waals surface area contributed by atoms with Gasteiger partial charge < -0.3 is 16.8 Å². The first kappa shape index (κ1) is 21.7. The molecule has 0 aliphatic heterocycles. The fraction of sp³-hybridized carbons (Fsp3) is 0.381. The molecule has 1 fully saturated rings. The molecule has 1 saturated carbocycles. The zero-order valence-electron chi connectivity index (χ0n) is 15.9. The van der Waals surface area contributed by atoms with Crippen LogP contribution in [-0.2, 0) is 11.0 Å². The van der Waals surface area contributed by atoms with Gasteiger partial charge in [0.1, 0.15) is 0 Å². The number of alkyl halides is 3. The average Bonchev–Trinajstić information content (AvgIpc) is 3.42. The molecule has 156 valence electrons. The molecule has 1 aliphatic carbocycles. The Morgan fingerprint density at radius 1 is 1.14 bits per heavy atom. The van der Waals surface area contributed by atoms with Crippen LogP contribution in [-0.4, -0.2) is 22.9 Å². The van der Waals surface area contributed by atoms with Gasteiger partial charge in [-0.2, -0.15) is 25.8 Å². The number of halogens is 3. The third-order valence-corrected chi connectivity index (χ3v) is 5.98. The third-order valence-electron chi connectivity index (χ3n) is 5.52. The molecule has 0 heterocycles. The van der Waals surface area contributed by atoms with E-state index in [-0.39, 0.29) is 11.8 Å². The van der Waals surface area contributed by atoms with Gasteiger partial charge in [0.15, 0.2) is 0 Å².